The van der Waals surface area contributed by atoms with Crippen molar-refractivity contribution in [2.24, 2.45) is 0 Å². The third kappa shape index (κ3) is 2.60. The summed E-state index contributed by atoms with van der Waals surface area (Å²) in [6.45, 7) is 5.58. The highest BCUT2D eigenvalue weighted by Gasteiger charge is 2.53. The molecule has 2 aliphatic heterocycles. The van der Waals surface area contributed by atoms with Gasteiger partial charge in [0.15, 0.2) is 5.78 Å². The number of methoxy groups -OCH3 is 2. The topological polar surface area (TPSA) is 38.8 Å². The molecule has 0 aromatic heterocycles. The number of hydrogen-bond donors (Lipinski definition) is 0. The van der Waals surface area contributed by atoms with Crippen molar-refractivity contribution in [2.45, 2.75) is 37.3 Å². The van der Waals surface area contributed by atoms with Crippen molar-refractivity contribution in [2.75, 3.05) is 27.3 Å². The lowest BCUT2D eigenvalue weighted by atomic mass is 9.75. The molecule has 0 aliphatic carbocycles. The summed E-state index contributed by atoms with van der Waals surface area (Å²) in [5.41, 5.74) is 1.80. The number of ether oxygens (including phenoxy) is 2. The van der Waals surface area contributed by atoms with Gasteiger partial charge in [-0.15, -0.1) is 6.58 Å². The van der Waals surface area contributed by atoms with Crippen molar-refractivity contribution in [3.63, 3.8) is 0 Å². The molecule has 1 aromatic carbocycles. The first-order valence-electron chi connectivity index (χ1n) is 8.25. The van der Waals surface area contributed by atoms with Gasteiger partial charge in [-0.05, 0) is 36.1 Å². The fourth-order valence-corrected chi connectivity index (χ4v) is 4.11. The summed E-state index contributed by atoms with van der Waals surface area (Å²) in [7, 11) is 3.38. The minimum atomic E-state index is -0.564. The Kier molecular flexibility index (Phi) is 4.55. The summed E-state index contributed by atoms with van der Waals surface area (Å²) in [4.78, 5) is 15.3. The summed E-state index contributed by atoms with van der Waals surface area (Å²) >= 11 is 0. The van der Waals surface area contributed by atoms with Gasteiger partial charge in [0.05, 0.1) is 13.2 Å². The zero-order valence-corrected chi connectivity index (χ0v) is 14.0. The van der Waals surface area contributed by atoms with Crippen molar-refractivity contribution in [1.82, 2.24) is 4.90 Å². The number of hydrogen-bond acceptors (Lipinski definition) is 4. The molecule has 1 saturated heterocycles. The van der Waals surface area contributed by atoms with Crippen molar-refractivity contribution >= 4 is 5.78 Å². The highest BCUT2D eigenvalue weighted by Crippen LogP contribution is 2.46. The second kappa shape index (κ2) is 6.46. The molecule has 2 aliphatic rings. The first kappa shape index (κ1) is 16.2. The van der Waals surface area contributed by atoms with Crippen LogP contribution in [0.1, 0.15) is 30.4 Å². The monoisotopic (exact) mass is 315 g/mol. The van der Waals surface area contributed by atoms with E-state index in [1.165, 1.54) is 5.56 Å². The molecular formula is C19H25NO3. The Morgan fingerprint density at radius 2 is 2.13 bits per heavy atom. The molecule has 1 fully saturated rings. The van der Waals surface area contributed by atoms with E-state index < -0.39 is 5.54 Å². The van der Waals surface area contributed by atoms with Gasteiger partial charge in [-0.2, -0.15) is 0 Å². The van der Waals surface area contributed by atoms with E-state index in [-0.39, 0.29) is 6.10 Å². The highest BCUT2D eigenvalue weighted by atomic mass is 16.5. The number of ketones is 1. The predicted octanol–water partition coefficient (Wildman–Crippen LogP) is 2.70. The average molecular weight is 315 g/mol. The number of nitrogens with zero attached hydrogens (tertiary/aromatic N) is 1. The molecule has 0 N–H and O–H groups in total. The molecular weight excluding hydrogens is 290 g/mol. The number of fused-ring (bicyclic) bond motifs is 3. The summed E-state index contributed by atoms with van der Waals surface area (Å²) in [5, 5.41) is 0. The SMILES string of the molecule is C=CC[C@@H](C[C@@]12C(=O)CCN1CCc1ccc(OC)cc12)OC. The van der Waals surface area contributed by atoms with Gasteiger partial charge in [0.25, 0.3) is 0 Å². The second-order valence-corrected chi connectivity index (χ2v) is 6.38. The largest absolute Gasteiger partial charge is 0.497 e. The molecule has 0 unspecified atom stereocenters. The van der Waals surface area contributed by atoms with Crippen LogP contribution in [0, 0.1) is 0 Å². The van der Waals surface area contributed by atoms with E-state index in [4.69, 9.17) is 9.47 Å². The smallest absolute Gasteiger partial charge is 0.159 e. The van der Waals surface area contributed by atoms with Crippen LogP contribution in [0.5, 0.6) is 5.75 Å². The van der Waals surface area contributed by atoms with Gasteiger partial charge in [-0.3, -0.25) is 9.69 Å². The number of carbonyl (C=O) groups is 1. The zero-order valence-electron chi connectivity index (χ0n) is 14.0. The Bertz CT molecular complexity index is 613. The molecule has 0 spiro atoms. The minimum Gasteiger partial charge on any atom is -0.497 e. The number of rotatable bonds is 6. The Morgan fingerprint density at radius 3 is 2.83 bits per heavy atom. The normalized spacial score (nSPS) is 24.9. The van der Waals surface area contributed by atoms with Gasteiger partial charge >= 0.3 is 0 Å². The lowest BCUT2D eigenvalue weighted by Crippen LogP contribution is -2.52. The Morgan fingerprint density at radius 1 is 1.35 bits per heavy atom. The van der Waals surface area contributed by atoms with Crippen LogP contribution in [0.25, 0.3) is 0 Å². The van der Waals surface area contributed by atoms with Gasteiger partial charge in [0, 0.05) is 33.0 Å². The van der Waals surface area contributed by atoms with Gasteiger partial charge in [-0.25, -0.2) is 0 Å². The number of Topliss-reactive ketones (excluding diaryl/α,β-unsaturated/α-hetero) is 1. The van der Waals surface area contributed by atoms with Crippen LogP contribution in [-0.2, 0) is 21.5 Å². The van der Waals surface area contributed by atoms with Gasteiger partial charge < -0.3 is 9.47 Å². The molecule has 124 valence electrons. The summed E-state index contributed by atoms with van der Waals surface area (Å²) in [6.07, 6.45) is 4.88. The summed E-state index contributed by atoms with van der Waals surface area (Å²) < 4.78 is 11.0. The van der Waals surface area contributed by atoms with Crippen LogP contribution in [-0.4, -0.2) is 44.1 Å². The Labute approximate surface area is 138 Å². The predicted molar refractivity (Wildman–Crippen MR) is 89.8 cm³/mol. The summed E-state index contributed by atoms with van der Waals surface area (Å²) in [5.74, 6) is 1.11. The van der Waals surface area contributed by atoms with E-state index >= 15 is 0 Å². The molecule has 2 atom stereocenters. The maximum atomic E-state index is 13.0. The van der Waals surface area contributed by atoms with Crippen molar-refractivity contribution in [3.05, 3.63) is 42.0 Å². The Hall–Kier alpha value is -1.65. The zero-order chi connectivity index (χ0) is 16.4. The lowest BCUT2D eigenvalue weighted by Gasteiger charge is -2.44. The van der Waals surface area contributed by atoms with Crippen molar-refractivity contribution in [3.8, 4) is 5.75 Å². The molecule has 0 amide bonds. The first-order valence-corrected chi connectivity index (χ1v) is 8.25. The van der Waals surface area contributed by atoms with Gasteiger partial charge in [0.2, 0.25) is 0 Å². The molecule has 1 aromatic rings. The fourth-order valence-electron chi connectivity index (χ4n) is 4.11. The van der Waals surface area contributed by atoms with E-state index in [0.717, 1.165) is 37.2 Å². The van der Waals surface area contributed by atoms with Crippen LogP contribution >= 0.6 is 0 Å². The maximum Gasteiger partial charge on any atom is 0.159 e. The second-order valence-electron chi connectivity index (χ2n) is 6.38. The standard InChI is InChI=1S/C19H25NO3/c1-4-5-16(23-3)13-19-17-12-15(22-2)7-6-14(17)8-10-20(19)11-9-18(19)21/h4,6-7,12,16H,1,5,8-11,13H2,2-3H3/t16-,19+/m0/s1. The van der Waals surface area contributed by atoms with Crippen molar-refractivity contribution < 1.29 is 14.3 Å². The number of benzene rings is 1. The molecule has 0 saturated carbocycles. The molecule has 4 heteroatoms. The molecule has 3 rings (SSSR count). The van der Waals surface area contributed by atoms with E-state index in [2.05, 4.69) is 17.5 Å². The highest BCUT2D eigenvalue weighted by molar-refractivity contribution is 5.92. The lowest BCUT2D eigenvalue weighted by molar-refractivity contribution is -0.128. The van der Waals surface area contributed by atoms with Crippen LogP contribution in [0.4, 0.5) is 0 Å². The average Bonchev–Trinajstić information content (AvgIpc) is 2.91. The molecule has 4 nitrogen and oxygen atoms in total. The van der Waals surface area contributed by atoms with Crippen LogP contribution in [0.15, 0.2) is 30.9 Å². The first-order chi connectivity index (χ1) is 11.2. The van der Waals surface area contributed by atoms with Crippen LogP contribution < -0.4 is 4.74 Å². The third-order valence-corrected chi connectivity index (χ3v) is 5.31. The van der Waals surface area contributed by atoms with Crippen LogP contribution in [0.3, 0.4) is 0 Å². The molecule has 0 radical (unpaired) electrons. The van der Waals surface area contributed by atoms with E-state index in [9.17, 15) is 4.79 Å². The molecule has 0 bridgehead atoms. The van der Waals surface area contributed by atoms with Gasteiger partial charge in [0.1, 0.15) is 11.3 Å². The fraction of sp³-hybridized carbons (Fsp3) is 0.526. The van der Waals surface area contributed by atoms with Crippen molar-refractivity contribution in [1.29, 1.82) is 0 Å². The van der Waals surface area contributed by atoms with E-state index in [0.29, 0.717) is 18.6 Å². The van der Waals surface area contributed by atoms with E-state index in [1.807, 2.05) is 18.2 Å². The molecule has 2 heterocycles. The quantitative estimate of drug-likeness (QED) is 0.757. The van der Waals surface area contributed by atoms with E-state index in [1.54, 1.807) is 14.2 Å². The Balaban J connectivity index is 2.09. The van der Waals surface area contributed by atoms with Crippen LogP contribution in [0.2, 0.25) is 0 Å². The minimum absolute atomic E-state index is 0.00537. The molecule has 23 heavy (non-hydrogen) atoms. The van der Waals surface area contributed by atoms with Gasteiger partial charge in [-0.1, -0.05) is 12.1 Å². The number of carbonyl (C=O) groups excluding carboxylic acids is 1. The third-order valence-electron chi connectivity index (χ3n) is 5.31. The summed E-state index contributed by atoms with van der Waals surface area (Å²) in [6, 6.07) is 6.14. The maximum absolute atomic E-state index is 13.0.